The lowest BCUT2D eigenvalue weighted by Crippen LogP contribution is -2.34. The van der Waals surface area contributed by atoms with Crippen LogP contribution in [0.3, 0.4) is 0 Å². The van der Waals surface area contributed by atoms with Crippen molar-refractivity contribution in [3.8, 4) is 0 Å². The minimum Gasteiger partial charge on any atom is -0.398 e. The molecular weight excluding hydrogens is 412 g/mol. The maximum Gasteiger partial charge on any atom is 0.251 e. The highest BCUT2D eigenvalue weighted by molar-refractivity contribution is 7.89. The molecule has 0 unspecified atom stereocenters. The van der Waals surface area contributed by atoms with Gasteiger partial charge in [-0.1, -0.05) is 42.5 Å². The van der Waals surface area contributed by atoms with E-state index in [0.29, 0.717) is 22.4 Å². The Hall–Kier alpha value is -3.49. The van der Waals surface area contributed by atoms with Crippen molar-refractivity contribution >= 4 is 27.3 Å². The van der Waals surface area contributed by atoms with Crippen molar-refractivity contribution in [1.82, 2.24) is 5.32 Å². The number of carbonyl (C=O) groups is 1. The average Bonchev–Trinajstić information content (AvgIpc) is 3.54. The molecule has 3 aromatic carbocycles. The van der Waals surface area contributed by atoms with Crippen LogP contribution in [0, 0.1) is 5.41 Å². The Morgan fingerprint density at radius 2 is 1.65 bits per heavy atom. The summed E-state index contributed by atoms with van der Waals surface area (Å²) >= 11 is 0. The van der Waals surface area contributed by atoms with Gasteiger partial charge in [-0.05, 0) is 48.7 Å². The van der Waals surface area contributed by atoms with Gasteiger partial charge in [0.1, 0.15) is 0 Å². The Kier molecular flexibility index (Phi) is 5.12. The summed E-state index contributed by atoms with van der Waals surface area (Å²) in [6.45, 7) is 0. The summed E-state index contributed by atoms with van der Waals surface area (Å²) < 4.78 is 23.3. The first-order valence-corrected chi connectivity index (χ1v) is 11.2. The van der Waals surface area contributed by atoms with E-state index in [1.807, 2.05) is 30.3 Å². The minimum atomic E-state index is -3.90. The lowest BCUT2D eigenvalue weighted by Gasteiger charge is -2.18. The highest BCUT2D eigenvalue weighted by Gasteiger charge is 2.45. The number of benzene rings is 3. The average molecular weight is 435 g/mol. The highest BCUT2D eigenvalue weighted by Crippen LogP contribution is 2.45. The van der Waals surface area contributed by atoms with E-state index in [9.17, 15) is 13.2 Å². The molecule has 1 fully saturated rings. The van der Waals surface area contributed by atoms with Gasteiger partial charge in [0.25, 0.3) is 5.91 Å². The summed E-state index contributed by atoms with van der Waals surface area (Å²) in [4.78, 5) is 12.9. The fraction of sp³-hybridized carbons (Fsp3) is 0.130. The molecule has 3 aromatic rings. The van der Waals surface area contributed by atoms with Gasteiger partial charge in [0.15, 0.2) is 0 Å². The molecule has 0 atom stereocenters. The Bertz CT molecular complexity index is 1280. The number of primary sulfonamides is 1. The first kappa shape index (κ1) is 20.8. The summed E-state index contributed by atoms with van der Waals surface area (Å²) in [5, 5.41) is 16.8. The molecule has 0 aliphatic heterocycles. The quantitative estimate of drug-likeness (QED) is 0.350. The topological polar surface area (TPSA) is 139 Å². The molecule has 7 nitrogen and oxygen atoms in total. The smallest absolute Gasteiger partial charge is 0.251 e. The number of amides is 1. The predicted octanol–water partition coefficient (Wildman–Crippen LogP) is 2.75. The largest absolute Gasteiger partial charge is 0.398 e. The molecule has 158 valence electrons. The molecule has 0 saturated heterocycles. The summed E-state index contributed by atoms with van der Waals surface area (Å²) in [5.74, 6) is -0.256. The predicted molar refractivity (Wildman–Crippen MR) is 119 cm³/mol. The third-order valence-electron chi connectivity index (χ3n) is 5.47. The van der Waals surface area contributed by atoms with Crippen molar-refractivity contribution in [2.45, 2.75) is 23.3 Å². The third-order valence-corrected chi connectivity index (χ3v) is 6.38. The molecule has 0 spiro atoms. The number of nitrogen functional groups attached to an aromatic ring is 1. The van der Waals surface area contributed by atoms with Crippen LogP contribution in [0.1, 0.15) is 39.9 Å². The van der Waals surface area contributed by atoms with E-state index in [-0.39, 0.29) is 22.1 Å². The highest BCUT2D eigenvalue weighted by atomic mass is 32.2. The van der Waals surface area contributed by atoms with Crippen LogP contribution < -0.4 is 16.2 Å². The molecule has 0 heterocycles. The Labute approximate surface area is 180 Å². The molecule has 1 saturated carbocycles. The van der Waals surface area contributed by atoms with Gasteiger partial charge < -0.3 is 11.1 Å². The van der Waals surface area contributed by atoms with Crippen molar-refractivity contribution in [3.05, 3.63) is 95.1 Å². The monoisotopic (exact) mass is 434 g/mol. The van der Waals surface area contributed by atoms with Crippen LogP contribution in [-0.2, 0) is 15.6 Å². The van der Waals surface area contributed by atoms with E-state index in [4.69, 9.17) is 16.3 Å². The van der Waals surface area contributed by atoms with Crippen molar-refractivity contribution in [3.63, 3.8) is 0 Å². The molecular formula is C23H22N4O3S. The Balaban J connectivity index is 1.62. The molecule has 0 bridgehead atoms. The van der Waals surface area contributed by atoms with Gasteiger partial charge >= 0.3 is 0 Å². The van der Waals surface area contributed by atoms with E-state index in [2.05, 4.69) is 5.32 Å². The van der Waals surface area contributed by atoms with Crippen molar-refractivity contribution in [1.29, 1.82) is 5.41 Å². The van der Waals surface area contributed by atoms with Crippen molar-refractivity contribution in [2.24, 2.45) is 5.14 Å². The fourth-order valence-electron chi connectivity index (χ4n) is 3.56. The summed E-state index contributed by atoms with van der Waals surface area (Å²) in [6, 6.07) is 20.3. The Morgan fingerprint density at radius 3 is 2.29 bits per heavy atom. The molecule has 31 heavy (non-hydrogen) atoms. The maximum atomic E-state index is 13.0. The molecule has 0 radical (unpaired) electrons. The van der Waals surface area contributed by atoms with Crippen LogP contribution in [0.4, 0.5) is 5.69 Å². The van der Waals surface area contributed by atoms with E-state index < -0.39 is 10.0 Å². The number of hydrogen-bond donors (Lipinski definition) is 4. The Morgan fingerprint density at radius 1 is 0.935 bits per heavy atom. The standard InChI is InChI=1S/C23H22N4O3S/c24-20-10-9-16(22(28)27-23(11-12-23)17-6-2-1-3-7-17)14-19(20)21(25)15-5-4-8-18(13-15)31(26,29)30/h1-10,13-14,25H,11-12,24H2,(H,27,28)(H2,26,29,30). The van der Waals surface area contributed by atoms with Crippen molar-refractivity contribution < 1.29 is 13.2 Å². The van der Waals surface area contributed by atoms with E-state index >= 15 is 0 Å². The maximum absolute atomic E-state index is 13.0. The van der Waals surface area contributed by atoms with Gasteiger partial charge in [-0.25, -0.2) is 13.6 Å². The van der Waals surface area contributed by atoms with Crippen LogP contribution in [-0.4, -0.2) is 20.0 Å². The summed E-state index contributed by atoms with van der Waals surface area (Å²) in [7, 11) is -3.90. The van der Waals surface area contributed by atoms with Gasteiger partial charge in [-0.2, -0.15) is 0 Å². The number of carbonyl (C=O) groups excluding carboxylic acids is 1. The second-order valence-electron chi connectivity index (χ2n) is 7.65. The third kappa shape index (κ3) is 4.21. The molecule has 1 aliphatic carbocycles. The first-order valence-electron chi connectivity index (χ1n) is 9.69. The lowest BCUT2D eigenvalue weighted by molar-refractivity contribution is 0.0931. The van der Waals surface area contributed by atoms with Crippen LogP contribution in [0.2, 0.25) is 0 Å². The first-order chi connectivity index (χ1) is 14.7. The van der Waals surface area contributed by atoms with E-state index in [1.165, 1.54) is 18.2 Å². The number of hydrogen-bond acceptors (Lipinski definition) is 5. The molecule has 1 amide bonds. The number of nitrogens with one attached hydrogen (secondary N) is 2. The number of rotatable bonds is 6. The second-order valence-corrected chi connectivity index (χ2v) is 9.21. The molecule has 8 heteroatoms. The van der Waals surface area contributed by atoms with Gasteiger partial charge in [0.2, 0.25) is 10.0 Å². The zero-order valence-corrected chi connectivity index (χ0v) is 17.4. The molecule has 6 N–H and O–H groups in total. The zero-order valence-electron chi connectivity index (χ0n) is 16.6. The van der Waals surface area contributed by atoms with Gasteiger partial charge in [-0.3, -0.25) is 10.2 Å². The van der Waals surface area contributed by atoms with Gasteiger partial charge in [0, 0.05) is 22.4 Å². The molecule has 1 aliphatic rings. The van der Waals surface area contributed by atoms with E-state index in [1.54, 1.807) is 24.3 Å². The van der Waals surface area contributed by atoms with Gasteiger partial charge in [0.05, 0.1) is 16.1 Å². The number of anilines is 1. The summed E-state index contributed by atoms with van der Waals surface area (Å²) in [5.41, 5.74) is 8.12. The van der Waals surface area contributed by atoms with E-state index in [0.717, 1.165) is 18.4 Å². The minimum absolute atomic E-state index is 0.00171. The van der Waals surface area contributed by atoms with Crippen LogP contribution >= 0.6 is 0 Å². The normalized spacial score (nSPS) is 14.6. The SMILES string of the molecule is N=C(c1cccc(S(N)(=O)=O)c1)c1cc(C(=O)NC2(c3ccccc3)CC2)ccc1N. The zero-order chi connectivity index (χ0) is 22.2. The summed E-state index contributed by atoms with van der Waals surface area (Å²) in [6.07, 6.45) is 1.72. The second kappa shape index (κ2) is 7.64. The molecule has 4 rings (SSSR count). The van der Waals surface area contributed by atoms with Crippen LogP contribution in [0.25, 0.3) is 0 Å². The molecule has 0 aromatic heterocycles. The number of nitrogens with two attached hydrogens (primary N) is 2. The van der Waals surface area contributed by atoms with Crippen molar-refractivity contribution in [2.75, 3.05) is 5.73 Å². The van der Waals surface area contributed by atoms with Crippen LogP contribution in [0.15, 0.2) is 77.7 Å². The van der Waals surface area contributed by atoms with Gasteiger partial charge in [-0.15, -0.1) is 0 Å². The lowest BCUT2D eigenvalue weighted by atomic mass is 9.98. The fourth-order valence-corrected chi connectivity index (χ4v) is 4.12. The number of sulfonamides is 1. The van der Waals surface area contributed by atoms with Crippen LogP contribution in [0.5, 0.6) is 0 Å².